The molecule has 0 saturated heterocycles. The van der Waals surface area contributed by atoms with Crippen molar-refractivity contribution < 1.29 is 14.3 Å². The highest BCUT2D eigenvalue weighted by Crippen LogP contribution is 2.27. The molecule has 0 spiro atoms. The Morgan fingerprint density at radius 2 is 1.49 bits per heavy atom. The highest BCUT2D eigenvalue weighted by atomic mass is 32.1. The fraction of sp³-hybridized carbons (Fsp3) is 0.0667. The van der Waals surface area contributed by atoms with Gasteiger partial charge in [-0.05, 0) is 55.5 Å². The van der Waals surface area contributed by atoms with E-state index in [1.165, 1.54) is 19.5 Å². The minimum absolute atomic E-state index is 0.0994. The lowest BCUT2D eigenvalue weighted by atomic mass is 10.1. The summed E-state index contributed by atoms with van der Waals surface area (Å²) in [4.78, 5) is 34.3. The number of anilines is 2. The molecule has 3 aromatic carbocycles. The van der Waals surface area contributed by atoms with Crippen molar-refractivity contribution in [2.24, 2.45) is 0 Å². The van der Waals surface area contributed by atoms with Gasteiger partial charge >= 0.3 is 0 Å². The largest absolute Gasteiger partial charge is 0.478 e. The van der Waals surface area contributed by atoms with Crippen molar-refractivity contribution in [3.63, 3.8) is 0 Å². The maximum absolute atomic E-state index is 13.5. The predicted octanol–water partition coefficient (Wildman–Crippen LogP) is 5.03. The number of rotatable bonds is 7. The molecular weight excluding hydrogens is 538 g/mol. The van der Waals surface area contributed by atoms with Crippen LogP contribution in [0.5, 0.6) is 5.88 Å². The fourth-order valence-corrected chi connectivity index (χ4v) is 4.38. The van der Waals surface area contributed by atoms with E-state index in [-0.39, 0.29) is 22.7 Å². The van der Waals surface area contributed by atoms with E-state index >= 15 is 0 Å². The van der Waals surface area contributed by atoms with Gasteiger partial charge < -0.3 is 15.4 Å². The summed E-state index contributed by atoms with van der Waals surface area (Å²) in [5.74, 6) is -0.354. The molecule has 0 unspecified atom stereocenters. The smallest absolute Gasteiger partial charge is 0.261 e. The van der Waals surface area contributed by atoms with Gasteiger partial charge in [-0.2, -0.15) is 5.10 Å². The van der Waals surface area contributed by atoms with E-state index in [1.54, 1.807) is 28.9 Å². The van der Waals surface area contributed by atoms with Crippen LogP contribution in [0.2, 0.25) is 0 Å². The second-order valence-electron chi connectivity index (χ2n) is 8.78. The summed E-state index contributed by atoms with van der Waals surface area (Å²) in [5, 5.41) is 13.3. The van der Waals surface area contributed by atoms with Gasteiger partial charge in [-0.15, -0.1) is 0 Å². The molecule has 0 aliphatic rings. The monoisotopic (exact) mass is 563 g/mol. The predicted molar refractivity (Wildman–Crippen MR) is 160 cm³/mol. The molecule has 2 heterocycles. The van der Waals surface area contributed by atoms with Gasteiger partial charge in [-0.25, -0.2) is 14.6 Å². The van der Waals surface area contributed by atoms with Gasteiger partial charge in [-0.3, -0.25) is 14.9 Å². The van der Waals surface area contributed by atoms with E-state index in [2.05, 4.69) is 25.9 Å². The van der Waals surface area contributed by atoms with Crippen molar-refractivity contribution in [2.45, 2.75) is 6.92 Å². The number of hydrogen-bond acceptors (Lipinski definition) is 7. The molecule has 41 heavy (non-hydrogen) atoms. The maximum atomic E-state index is 13.5. The maximum Gasteiger partial charge on any atom is 0.261 e. The van der Waals surface area contributed by atoms with E-state index in [0.717, 1.165) is 11.3 Å². The topological polar surface area (TPSA) is 123 Å². The molecule has 0 radical (unpaired) electrons. The third kappa shape index (κ3) is 6.10. The molecule has 3 N–H and O–H groups in total. The summed E-state index contributed by atoms with van der Waals surface area (Å²) in [6.07, 6.45) is 2.92. The Balaban J connectivity index is 1.30. The molecule has 2 aromatic heterocycles. The Kier molecular flexibility index (Phi) is 8.07. The first kappa shape index (κ1) is 27.2. The van der Waals surface area contributed by atoms with Gasteiger partial charge in [-0.1, -0.05) is 48.5 Å². The standard InChI is InChI=1S/C30H25N7O3S/c1-19-24(25(20-9-5-3-6-10-20)36-37(19)23-11-7-4-8-12-23)28(39)35-30(41)33-22-15-13-21(14-16-22)27(38)34-26-29(40-2)32-18-17-31-26/h3-18H,1-2H3,(H,31,34,38)(H2,33,35,39,41). The average molecular weight is 564 g/mol. The van der Waals surface area contributed by atoms with Gasteiger partial charge in [0.05, 0.1) is 24.1 Å². The zero-order chi connectivity index (χ0) is 28.8. The normalized spacial score (nSPS) is 10.5. The third-order valence-electron chi connectivity index (χ3n) is 6.11. The number of aromatic nitrogens is 4. The zero-order valence-corrected chi connectivity index (χ0v) is 23.0. The molecule has 5 rings (SSSR count). The molecule has 5 aromatic rings. The molecule has 0 aliphatic heterocycles. The Hall–Kier alpha value is -5.42. The van der Waals surface area contributed by atoms with Crippen molar-refractivity contribution in [1.29, 1.82) is 0 Å². The van der Waals surface area contributed by atoms with Crippen molar-refractivity contribution in [1.82, 2.24) is 25.1 Å². The quantitative estimate of drug-likeness (QED) is 0.236. The van der Waals surface area contributed by atoms with E-state index in [4.69, 9.17) is 22.1 Å². The molecule has 0 fully saturated rings. The molecule has 2 amide bonds. The third-order valence-corrected chi connectivity index (χ3v) is 6.32. The highest BCUT2D eigenvalue weighted by molar-refractivity contribution is 7.80. The molecule has 0 saturated carbocycles. The van der Waals surface area contributed by atoms with Crippen molar-refractivity contribution >= 4 is 40.6 Å². The van der Waals surface area contributed by atoms with E-state index in [0.29, 0.717) is 28.2 Å². The molecule has 10 nitrogen and oxygen atoms in total. The summed E-state index contributed by atoms with van der Waals surface area (Å²) in [7, 11) is 1.45. The van der Waals surface area contributed by atoms with Crippen LogP contribution in [-0.2, 0) is 0 Å². The van der Waals surface area contributed by atoms with Gasteiger partial charge in [0.25, 0.3) is 17.7 Å². The van der Waals surface area contributed by atoms with Crippen LogP contribution < -0.4 is 20.7 Å². The first-order valence-corrected chi connectivity index (χ1v) is 12.9. The SMILES string of the molecule is COc1nccnc1NC(=O)c1ccc(NC(=S)NC(=O)c2c(-c3ccccc3)nn(-c3ccccc3)c2C)cc1. The number of ether oxygens (including phenoxy) is 1. The van der Waals surface area contributed by atoms with Crippen LogP contribution in [0.15, 0.2) is 97.3 Å². The van der Waals surface area contributed by atoms with Crippen LogP contribution in [-0.4, -0.2) is 43.8 Å². The number of carbonyl (C=O) groups excluding carboxylic acids is 2. The Bertz CT molecular complexity index is 1710. The summed E-state index contributed by atoms with van der Waals surface area (Å²) in [6.45, 7) is 1.85. The summed E-state index contributed by atoms with van der Waals surface area (Å²) in [6, 6.07) is 25.7. The number of methoxy groups -OCH3 is 1. The molecule has 204 valence electrons. The number of amides is 2. The lowest BCUT2D eigenvalue weighted by Gasteiger charge is -2.11. The van der Waals surface area contributed by atoms with Crippen LogP contribution in [0.4, 0.5) is 11.5 Å². The fourth-order valence-electron chi connectivity index (χ4n) is 4.17. The summed E-state index contributed by atoms with van der Waals surface area (Å²) >= 11 is 5.44. The van der Waals surface area contributed by atoms with Gasteiger partial charge in [0.2, 0.25) is 0 Å². The molecular formula is C30H25N7O3S. The molecule has 0 bridgehead atoms. The van der Waals surface area contributed by atoms with Crippen LogP contribution in [0.3, 0.4) is 0 Å². The number of hydrogen-bond donors (Lipinski definition) is 3. The second-order valence-corrected chi connectivity index (χ2v) is 9.18. The first-order valence-electron chi connectivity index (χ1n) is 12.5. The van der Waals surface area contributed by atoms with Crippen LogP contribution in [0.25, 0.3) is 16.9 Å². The van der Waals surface area contributed by atoms with Gasteiger partial charge in [0, 0.05) is 29.2 Å². The first-order chi connectivity index (χ1) is 19.9. The Labute approximate surface area is 241 Å². The van der Waals surface area contributed by atoms with Gasteiger partial charge in [0.1, 0.15) is 5.69 Å². The van der Waals surface area contributed by atoms with Crippen molar-refractivity contribution in [2.75, 3.05) is 17.7 Å². The van der Waals surface area contributed by atoms with E-state index in [9.17, 15) is 9.59 Å². The molecule has 0 atom stereocenters. The van der Waals surface area contributed by atoms with E-state index in [1.807, 2.05) is 67.6 Å². The minimum atomic E-state index is -0.394. The number of benzene rings is 3. The van der Waals surface area contributed by atoms with Crippen LogP contribution >= 0.6 is 12.2 Å². The van der Waals surface area contributed by atoms with Crippen molar-refractivity contribution in [3.8, 4) is 22.8 Å². The van der Waals surface area contributed by atoms with Gasteiger partial charge in [0.15, 0.2) is 10.9 Å². The zero-order valence-electron chi connectivity index (χ0n) is 22.2. The lowest BCUT2D eigenvalue weighted by Crippen LogP contribution is -2.34. The summed E-state index contributed by atoms with van der Waals surface area (Å²) in [5.41, 5.74) is 4.24. The second kappa shape index (κ2) is 12.2. The van der Waals surface area contributed by atoms with Crippen LogP contribution in [0, 0.1) is 6.92 Å². The highest BCUT2D eigenvalue weighted by Gasteiger charge is 2.24. The van der Waals surface area contributed by atoms with E-state index < -0.39 is 5.91 Å². The lowest BCUT2D eigenvalue weighted by molar-refractivity contribution is 0.0976. The number of thiocarbonyl (C=S) groups is 1. The molecule has 11 heteroatoms. The Morgan fingerprint density at radius 1 is 0.829 bits per heavy atom. The summed E-state index contributed by atoms with van der Waals surface area (Å²) < 4.78 is 6.86. The van der Waals surface area contributed by atoms with Crippen molar-refractivity contribution in [3.05, 3.63) is 114 Å². The molecule has 0 aliphatic carbocycles. The van der Waals surface area contributed by atoms with Crippen LogP contribution in [0.1, 0.15) is 26.4 Å². The number of carbonyl (C=O) groups is 2. The average Bonchev–Trinajstić information content (AvgIpc) is 3.35. The number of para-hydroxylation sites is 1. The minimum Gasteiger partial charge on any atom is -0.478 e. The Morgan fingerprint density at radius 3 is 2.17 bits per heavy atom. The number of nitrogens with one attached hydrogen (secondary N) is 3. The number of nitrogens with zero attached hydrogens (tertiary/aromatic N) is 4.